The molecule has 0 saturated carbocycles. The van der Waals surface area contributed by atoms with Crippen LogP contribution in [0, 0.1) is 18.6 Å². The lowest BCUT2D eigenvalue weighted by Crippen LogP contribution is -2.04. The van der Waals surface area contributed by atoms with E-state index in [1.165, 1.54) is 22.5 Å². The van der Waals surface area contributed by atoms with Crippen LogP contribution in [0.1, 0.15) is 36.6 Å². The molecule has 2 rings (SSSR count). The smallest absolute Gasteiger partial charge is 0.182 e. The number of H-pyrrole nitrogens is 1. The van der Waals surface area contributed by atoms with Gasteiger partial charge in [0.05, 0.1) is 5.69 Å². The van der Waals surface area contributed by atoms with Crippen LogP contribution in [-0.2, 0) is 0 Å². The molecule has 1 aromatic heterocycles. The zero-order chi connectivity index (χ0) is 12.6. The van der Waals surface area contributed by atoms with Crippen molar-refractivity contribution in [1.82, 2.24) is 9.55 Å². The van der Waals surface area contributed by atoms with Gasteiger partial charge in [-0.3, -0.25) is 4.57 Å². The zero-order valence-corrected chi connectivity index (χ0v) is 11.6. The number of aromatic amines is 1. The van der Waals surface area contributed by atoms with E-state index in [1.807, 2.05) is 6.20 Å². The topological polar surface area (TPSA) is 20.7 Å². The second kappa shape index (κ2) is 4.49. The molecular formula is C14H18N2S. The molecule has 1 N–H and O–H groups in total. The quantitative estimate of drug-likeness (QED) is 0.785. The Kier molecular flexibility index (Phi) is 3.20. The number of rotatable bonds is 2. The average molecular weight is 246 g/mol. The summed E-state index contributed by atoms with van der Waals surface area (Å²) in [6, 6.07) is 6.46. The highest BCUT2D eigenvalue weighted by molar-refractivity contribution is 7.71. The largest absolute Gasteiger partial charge is 0.337 e. The molecule has 2 aromatic rings. The maximum atomic E-state index is 5.38. The van der Waals surface area contributed by atoms with Crippen molar-refractivity contribution in [2.75, 3.05) is 0 Å². The number of imidazole rings is 1. The van der Waals surface area contributed by atoms with Gasteiger partial charge in [-0.25, -0.2) is 0 Å². The number of hydrogen-bond donors (Lipinski definition) is 1. The van der Waals surface area contributed by atoms with Crippen molar-refractivity contribution >= 4 is 12.2 Å². The minimum atomic E-state index is 0.447. The second-order valence-electron chi connectivity index (χ2n) is 4.80. The first-order valence-corrected chi connectivity index (χ1v) is 6.29. The van der Waals surface area contributed by atoms with Gasteiger partial charge in [0.25, 0.3) is 0 Å². The number of benzene rings is 1. The highest BCUT2D eigenvalue weighted by Crippen LogP contribution is 2.23. The Hall–Kier alpha value is -1.35. The molecule has 3 heteroatoms. The summed E-state index contributed by atoms with van der Waals surface area (Å²) in [6.07, 6.45) is 2.01. The Balaban J connectivity index is 2.72. The van der Waals surface area contributed by atoms with Crippen LogP contribution in [0.2, 0.25) is 0 Å². The maximum absolute atomic E-state index is 5.38. The fourth-order valence-electron chi connectivity index (χ4n) is 2.02. The summed E-state index contributed by atoms with van der Waals surface area (Å²) in [5, 5.41) is 0. The van der Waals surface area contributed by atoms with Crippen LogP contribution < -0.4 is 0 Å². The van der Waals surface area contributed by atoms with Crippen LogP contribution in [0.5, 0.6) is 0 Å². The minimum Gasteiger partial charge on any atom is -0.337 e. The molecule has 1 heterocycles. The van der Waals surface area contributed by atoms with Crippen molar-refractivity contribution in [1.29, 1.82) is 0 Å². The predicted molar refractivity (Wildman–Crippen MR) is 74.5 cm³/mol. The average Bonchev–Trinajstić information content (AvgIpc) is 2.64. The SMILES string of the molecule is Cc1ccc(C)c(-n2c(C(C)C)c[nH]c2=S)c1. The Bertz CT molecular complexity index is 591. The molecule has 2 nitrogen and oxygen atoms in total. The number of aromatic nitrogens is 2. The summed E-state index contributed by atoms with van der Waals surface area (Å²) in [6.45, 7) is 8.58. The van der Waals surface area contributed by atoms with Crippen molar-refractivity contribution < 1.29 is 0 Å². The molecule has 1 aromatic carbocycles. The van der Waals surface area contributed by atoms with Gasteiger partial charge in [0.2, 0.25) is 0 Å². The van der Waals surface area contributed by atoms with Crippen molar-refractivity contribution in [2.24, 2.45) is 0 Å². The molecule has 0 radical (unpaired) electrons. The third-order valence-electron chi connectivity index (χ3n) is 3.00. The van der Waals surface area contributed by atoms with E-state index >= 15 is 0 Å². The van der Waals surface area contributed by atoms with Gasteiger partial charge in [-0.15, -0.1) is 0 Å². The van der Waals surface area contributed by atoms with E-state index < -0.39 is 0 Å². The minimum absolute atomic E-state index is 0.447. The van der Waals surface area contributed by atoms with Gasteiger partial charge < -0.3 is 4.98 Å². The number of hydrogen-bond acceptors (Lipinski definition) is 1. The van der Waals surface area contributed by atoms with Crippen LogP contribution in [0.3, 0.4) is 0 Å². The first-order chi connectivity index (χ1) is 8.00. The van der Waals surface area contributed by atoms with E-state index in [9.17, 15) is 0 Å². The lowest BCUT2D eigenvalue weighted by Gasteiger charge is -2.14. The second-order valence-corrected chi connectivity index (χ2v) is 5.19. The Morgan fingerprint density at radius 1 is 1.24 bits per heavy atom. The van der Waals surface area contributed by atoms with Crippen LogP contribution in [0.4, 0.5) is 0 Å². The van der Waals surface area contributed by atoms with Gasteiger partial charge in [0.15, 0.2) is 4.77 Å². The molecule has 0 unspecified atom stereocenters. The molecule has 0 amide bonds. The Morgan fingerprint density at radius 2 is 1.94 bits per heavy atom. The van der Waals surface area contributed by atoms with Gasteiger partial charge in [-0.2, -0.15) is 0 Å². The number of aryl methyl sites for hydroxylation is 2. The molecular weight excluding hydrogens is 228 g/mol. The number of nitrogens with zero attached hydrogens (tertiary/aromatic N) is 1. The van der Waals surface area contributed by atoms with Crippen LogP contribution >= 0.6 is 12.2 Å². The summed E-state index contributed by atoms with van der Waals surface area (Å²) in [7, 11) is 0. The molecule has 0 bridgehead atoms. The zero-order valence-electron chi connectivity index (χ0n) is 10.7. The Morgan fingerprint density at radius 3 is 2.59 bits per heavy atom. The van der Waals surface area contributed by atoms with Crippen molar-refractivity contribution in [3.8, 4) is 5.69 Å². The van der Waals surface area contributed by atoms with Crippen molar-refractivity contribution in [3.05, 3.63) is 46.0 Å². The van der Waals surface area contributed by atoms with Gasteiger partial charge in [0.1, 0.15) is 0 Å². The highest BCUT2D eigenvalue weighted by Gasteiger charge is 2.11. The lowest BCUT2D eigenvalue weighted by molar-refractivity contribution is 0.781. The molecule has 0 spiro atoms. The van der Waals surface area contributed by atoms with E-state index in [-0.39, 0.29) is 0 Å². The molecule has 0 fully saturated rings. The first-order valence-electron chi connectivity index (χ1n) is 5.88. The monoisotopic (exact) mass is 246 g/mol. The molecule has 0 aliphatic rings. The van der Waals surface area contributed by atoms with Crippen molar-refractivity contribution in [3.63, 3.8) is 0 Å². The van der Waals surface area contributed by atoms with E-state index in [1.54, 1.807) is 0 Å². The van der Waals surface area contributed by atoms with Gasteiger partial charge >= 0.3 is 0 Å². The fraction of sp³-hybridized carbons (Fsp3) is 0.357. The third-order valence-corrected chi connectivity index (χ3v) is 3.30. The fourth-order valence-corrected chi connectivity index (χ4v) is 2.28. The Labute approximate surface area is 107 Å². The summed E-state index contributed by atoms with van der Waals surface area (Å²) in [4.78, 5) is 3.14. The maximum Gasteiger partial charge on any atom is 0.182 e. The highest BCUT2D eigenvalue weighted by atomic mass is 32.1. The van der Waals surface area contributed by atoms with Crippen LogP contribution in [0.15, 0.2) is 24.4 Å². The molecule has 17 heavy (non-hydrogen) atoms. The van der Waals surface area contributed by atoms with Crippen LogP contribution in [0.25, 0.3) is 5.69 Å². The summed E-state index contributed by atoms with van der Waals surface area (Å²) < 4.78 is 2.91. The van der Waals surface area contributed by atoms with E-state index in [4.69, 9.17) is 12.2 Å². The van der Waals surface area contributed by atoms with Crippen LogP contribution in [-0.4, -0.2) is 9.55 Å². The molecule has 0 aliphatic carbocycles. The van der Waals surface area contributed by atoms with E-state index in [2.05, 4.69) is 55.4 Å². The molecule has 0 atom stereocenters. The van der Waals surface area contributed by atoms with Gasteiger partial charge in [-0.05, 0) is 49.2 Å². The standard InChI is InChI=1S/C14H18N2S/c1-9(2)13-8-15-14(17)16(13)12-7-10(3)5-6-11(12)4/h5-9H,1-4H3,(H,15,17). The lowest BCUT2D eigenvalue weighted by atomic mass is 10.1. The van der Waals surface area contributed by atoms with E-state index in [0.29, 0.717) is 5.92 Å². The normalized spacial score (nSPS) is 11.1. The summed E-state index contributed by atoms with van der Waals surface area (Å²) >= 11 is 5.38. The first kappa shape index (κ1) is 12.1. The third kappa shape index (κ3) is 2.20. The molecule has 90 valence electrons. The van der Waals surface area contributed by atoms with Crippen molar-refractivity contribution in [2.45, 2.75) is 33.6 Å². The van der Waals surface area contributed by atoms with E-state index in [0.717, 1.165) is 4.77 Å². The molecule has 0 aliphatic heterocycles. The predicted octanol–water partition coefficient (Wildman–Crippen LogP) is 4.28. The summed E-state index contributed by atoms with van der Waals surface area (Å²) in [5.41, 5.74) is 4.90. The summed E-state index contributed by atoms with van der Waals surface area (Å²) in [5.74, 6) is 0.447. The molecule has 0 saturated heterocycles. The van der Waals surface area contributed by atoms with Gasteiger partial charge in [0, 0.05) is 11.9 Å². The van der Waals surface area contributed by atoms with Gasteiger partial charge in [-0.1, -0.05) is 26.0 Å². The number of nitrogens with one attached hydrogen (secondary N) is 1.